The van der Waals surface area contributed by atoms with Crippen molar-refractivity contribution in [2.75, 3.05) is 6.54 Å². The van der Waals surface area contributed by atoms with Crippen molar-refractivity contribution in [3.05, 3.63) is 47.8 Å². The van der Waals surface area contributed by atoms with Crippen LogP contribution in [0.25, 0.3) is 0 Å². The highest BCUT2D eigenvalue weighted by atomic mass is 15.1. The molecule has 100 valence electrons. The van der Waals surface area contributed by atoms with E-state index in [1.54, 1.807) is 0 Å². The molecule has 4 nitrogen and oxygen atoms in total. The lowest BCUT2D eigenvalue weighted by molar-refractivity contribution is 0.560. The minimum Gasteiger partial charge on any atom is -0.333 e. The summed E-state index contributed by atoms with van der Waals surface area (Å²) in [5.41, 5.74) is 3.86. The molecule has 0 aliphatic heterocycles. The van der Waals surface area contributed by atoms with Crippen molar-refractivity contribution in [2.45, 2.75) is 38.8 Å². The van der Waals surface area contributed by atoms with Gasteiger partial charge in [0.2, 0.25) is 0 Å². The molecule has 1 N–H and O–H groups in total. The lowest BCUT2D eigenvalue weighted by Gasteiger charge is -2.14. The highest BCUT2D eigenvalue weighted by Gasteiger charge is 2.14. The molecule has 0 saturated carbocycles. The average molecular weight is 256 g/mol. The summed E-state index contributed by atoms with van der Waals surface area (Å²) in [6, 6.07) is 6.02. The van der Waals surface area contributed by atoms with Crippen LogP contribution in [-0.4, -0.2) is 21.1 Å². The fraction of sp³-hybridized carbons (Fsp3) is 0.467. The molecule has 2 heterocycles. The molecule has 0 unspecified atom stereocenters. The lowest BCUT2D eigenvalue weighted by Crippen LogP contribution is -2.21. The van der Waals surface area contributed by atoms with Gasteiger partial charge in [-0.05, 0) is 37.8 Å². The van der Waals surface area contributed by atoms with Gasteiger partial charge in [0.05, 0.1) is 17.7 Å². The van der Waals surface area contributed by atoms with Gasteiger partial charge in [-0.1, -0.05) is 6.07 Å². The molecule has 0 fully saturated rings. The van der Waals surface area contributed by atoms with Gasteiger partial charge in [-0.25, -0.2) is 4.98 Å². The predicted molar refractivity (Wildman–Crippen MR) is 74.8 cm³/mol. The van der Waals surface area contributed by atoms with E-state index in [-0.39, 0.29) is 0 Å². The number of hydrogen-bond donors (Lipinski definition) is 1. The van der Waals surface area contributed by atoms with E-state index in [9.17, 15) is 0 Å². The molecule has 4 heteroatoms. The van der Waals surface area contributed by atoms with Crippen LogP contribution >= 0.6 is 0 Å². The Kier molecular flexibility index (Phi) is 3.89. The van der Waals surface area contributed by atoms with Crippen LogP contribution in [0, 0.1) is 0 Å². The molecule has 0 aromatic carbocycles. The zero-order chi connectivity index (χ0) is 12.9. The zero-order valence-corrected chi connectivity index (χ0v) is 11.2. The second-order valence-electron chi connectivity index (χ2n) is 5.04. The number of rotatable bonds is 5. The third-order valence-corrected chi connectivity index (χ3v) is 3.67. The van der Waals surface area contributed by atoms with E-state index in [2.05, 4.69) is 19.9 Å². The highest BCUT2D eigenvalue weighted by Crippen LogP contribution is 2.19. The van der Waals surface area contributed by atoms with Crippen LogP contribution in [-0.2, 0) is 25.9 Å². The smallest absolute Gasteiger partial charge is 0.0952 e. The Morgan fingerprint density at radius 3 is 3.00 bits per heavy atom. The average Bonchev–Trinajstić information content (AvgIpc) is 2.88. The van der Waals surface area contributed by atoms with E-state index in [1.807, 2.05) is 30.7 Å². The molecule has 1 aliphatic rings. The molecule has 0 bridgehead atoms. The number of hydrogen-bond acceptors (Lipinski definition) is 3. The number of pyridine rings is 1. The largest absolute Gasteiger partial charge is 0.333 e. The van der Waals surface area contributed by atoms with E-state index in [4.69, 9.17) is 0 Å². The monoisotopic (exact) mass is 256 g/mol. The number of imidazole rings is 1. The van der Waals surface area contributed by atoms with Gasteiger partial charge in [-0.15, -0.1) is 0 Å². The van der Waals surface area contributed by atoms with Crippen molar-refractivity contribution in [1.82, 2.24) is 19.9 Å². The summed E-state index contributed by atoms with van der Waals surface area (Å²) in [5, 5.41) is 3.44. The van der Waals surface area contributed by atoms with Crippen LogP contribution in [0.3, 0.4) is 0 Å². The Balaban J connectivity index is 1.49. The number of nitrogens with zero attached hydrogens (tertiary/aromatic N) is 3. The standard InChI is InChI=1S/C15H20N4/c1-2-7-15-14(6-1)18-12-19(15)10-9-16-11-13-5-3-4-8-17-13/h3-5,8,12,16H,1-2,6-7,9-11H2. The maximum atomic E-state index is 4.52. The number of aryl methyl sites for hydroxylation is 1. The molecule has 0 atom stereocenters. The maximum Gasteiger partial charge on any atom is 0.0952 e. The molecule has 3 rings (SSSR count). The second-order valence-corrected chi connectivity index (χ2v) is 5.04. The van der Waals surface area contributed by atoms with Gasteiger partial charge in [0, 0.05) is 31.5 Å². The van der Waals surface area contributed by atoms with E-state index in [0.29, 0.717) is 0 Å². The second kappa shape index (κ2) is 5.97. The molecule has 0 radical (unpaired) electrons. The quantitative estimate of drug-likeness (QED) is 0.831. The first kappa shape index (κ1) is 12.4. The third kappa shape index (κ3) is 3.01. The van der Waals surface area contributed by atoms with Gasteiger partial charge in [0.15, 0.2) is 0 Å². The van der Waals surface area contributed by atoms with E-state index < -0.39 is 0 Å². The maximum absolute atomic E-state index is 4.52. The molecular formula is C15H20N4. The zero-order valence-electron chi connectivity index (χ0n) is 11.2. The summed E-state index contributed by atoms with van der Waals surface area (Å²) in [6.07, 6.45) is 8.78. The molecule has 19 heavy (non-hydrogen) atoms. The normalized spacial score (nSPS) is 14.3. The van der Waals surface area contributed by atoms with Gasteiger partial charge in [-0.2, -0.15) is 0 Å². The van der Waals surface area contributed by atoms with Crippen molar-refractivity contribution in [3.8, 4) is 0 Å². The summed E-state index contributed by atoms with van der Waals surface area (Å²) in [6.45, 7) is 2.78. The summed E-state index contributed by atoms with van der Waals surface area (Å²) in [5.74, 6) is 0. The Labute approximate surface area is 113 Å². The molecule has 2 aromatic rings. The highest BCUT2D eigenvalue weighted by molar-refractivity contribution is 5.16. The van der Waals surface area contributed by atoms with E-state index in [1.165, 1.54) is 30.7 Å². The Morgan fingerprint density at radius 2 is 2.11 bits per heavy atom. The van der Waals surface area contributed by atoms with Crippen molar-refractivity contribution in [1.29, 1.82) is 0 Å². The molecule has 2 aromatic heterocycles. The first-order valence-corrected chi connectivity index (χ1v) is 7.07. The fourth-order valence-corrected chi connectivity index (χ4v) is 2.64. The minimum atomic E-state index is 0.831. The molecule has 1 aliphatic carbocycles. The van der Waals surface area contributed by atoms with Crippen LogP contribution in [0.1, 0.15) is 29.9 Å². The van der Waals surface area contributed by atoms with Crippen LogP contribution in [0.2, 0.25) is 0 Å². The van der Waals surface area contributed by atoms with Gasteiger partial charge < -0.3 is 9.88 Å². The lowest BCUT2D eigenvalue weighted by atomic mass is 10.0. The van der Waals surface area contributed by atoms with Gasteiger partial charge in [0.1, 0.15) is 0 Å². The van der Waals surface area contributed by atoms with E-state index in [0.717, 1.165) is 31.7 Å². The SMILES string of the molecule is c1ccc(CNCCn2cnc3c2CCCC3)nc1. The molecular weight excluding hydrogens is 236 g/mol. The molecule has 0 amide bonds. The van der Waals surface area contributed by atoms with Gasteiger partial charge in [0.25, 0.3) is 0 Å². The number of aromatic nitrogens is 3. The Bertz CT molecular complexity index is 518. The first-order chi connectivity index (χ1) is 9.43. The van der Waals surface area contributed by atoms with Crippen LogP contribution in [0.5, 0.6) is 0 Å². The Morgan fingerprint density at radius 1 is 1.16 bits per heavy atom. The summed E-state index contributed by atoms with van der Waals surface area (Å²) in [4.78, 5) is 8.82. The predicted octanol–water partition coefficient (Wildman–Crippen LogP) is 1.95. The van der Waals surface area contributed by atoms with Crippen LogP contribution in [0.4, 0.5) is 0 Å². The summed E-state index contributed by atoms with van der Waals surface area (Å²) < 4.78 is 2.31. The van der Waals surface area contributed by atoms with Crippen LogP contribution in [0.15, 0.2) is 30.7 Å². The van der Waals surface area contributed by atoms with Crippen molar-refractivity contribution in [3.63, 3.8) is 0 Å². The topological polar surface area (TPSA) is 42.7 Å². The summed E-state index contributed by atoms with van der Waals surface area (Å²) in [7, 11) is 0. The number of fused-ring (bicyclic) bond motifs is 1. The molecule has 0 spiro atoms. The molecule has 0 saturated heterocycles. The third-order valence-electron chi connectivity index (χ3n) is 3.67. The van der Waals surface area contributed by atoms with Gasteiger partial charge in [-0.3, -0.25) is 4.98 Å². The van der Waals surface area contributed by atoms with Crippen LogP contribution < -0.4 is 5.32 Å². The van der Waals surface area contributed by atoms with Crippen molar-refractivity contribution >= 4 is 0 Å². The minimum absolute atomic E-state index is 0.831. The van der Waals surface area contributed by atoms with Gasteiger partial charge >= 0.3 is 0 Å². The van der Waals surface area contributed by atoms with Crippen molar-refractivity contribution in [2.24, 2.45) is 0 Å². The summed E-state index contributed by atoms with van der Waals surface area (Å²) >= 11 is 0. The van der Waals surface area contributed by atoms with Crippen molar-refractivity contribution < 1.29 is 0 Å². The van der Waals surface area contributed by atoms with E-state index >= 15 is 0 Å². The Hall–Kier alpha value is -1.68. The first-order valence-electron chi connectivity index (χ1n) is 7.07. The number of nitrogens with one attached hydrogen (secondary N) is 1. The fourth-order valence-electron chi connectivity index (χ4n) is 2.64.